The summed E-state index contributed by atoms with van der Waals surface area (Å²) in [6.45, 7) is 4.47. The average Bonchev–Trinajstić information content (AvgIpc) is 3.06. The molecule has 0 spiro atoms. The van der Waals surface area contributed by atoms with E-state index in [1.807, 2.05) is 0 Å². The molecule has 7 nitrogen and oxygen atoms in total. The summed E-state index contributed by atoms with van der Waals surface area (Å²) in [5, 5.41) is 3.29. The Balaban J connectivity index is 2.47. The van der Waals surface area contributed by atoms with E-state index in [0.717, 1.165) is 22.9 Å². The first-order valence-electron chi connectivity index (χ1n) is 7.39. The highest BCUT2D eigenvalue weighted by atomic mass is 35.5. The molecule has 0 radical (unpaired) electrons. The van der Waals surface area contributed by atoms with Crippen molar-refractivity contribution in [1.82, 2.24) is 14.7 Å². The number of carbonyl (C=O) groups is 1. The first-order chi connectivity index (χ1) is 11.8. The molecular formula is C15H17ClFN3O4S. The lowest BCUT2D eigenvalue weighted by molar-refractivity contribution is 0.201. The molecule has 0 bridgehead atoms. The summed E-state index contributed by atoms with van der Waals surface area (Å²) >= 11 is 5.78. The van der Waals surface area contributed by atoms with Gasteiger partial charge in [0.15, 0.2) is 5.03 Å². The number of hydrogen-bond acceptors (Lipinski definition) is 5. The van der Waals surface area contributed by atoms with Crippen LogP contribution in [0.5, 0.6) is 5.75 Å². The predicted octanol–water partition coefficient (Wildman–Crippen LogP) is 2.83. The standard InChI is InChI=1S/C15H17ClFN3O4S/c1-4-19(5-2)15(21)20-7-6-14(18-20)25(22,23)13-9-12(24-3)10(16)8-11(13)17/h6-9H,4-5H2,1-3H3. The number of halogens is 2. The molecular weight excluding hydrogens is 373 g/mol. The molecule has 1 amide bonds. The number of carbonyl (C=O) groups excluding carboxylic acids is 1. The summed E-state index contributed by atoms with van der Waals surface area (Å²) in [7, 11) is -3.00. The van der Waals surface area contributed by atoms with E-state index >= 15 is 0 Å². The van der Waals surface area contributed by atoms with Gasteiger partial charge in [-0.1, -0.05) is 11.6 Å². The Labute approximate surface area is 149 Å². The zero-order valence-electron chi connectivity index (χ0n) is 13.9. The zero-order chi connectivity index (χ0) is 18.8. The fourth-order valence-corrected chi connectivity index (χ4v) is 3.65. The number of methoxy groups -OCH3 is 1. The first kappa shape index (κ1) is 19.2. The van der Waals surface area contributed by atoms with Crippen LogP contribution in [0.1, 0.15) is 13.8 Å². The number of ether oxygens (including phenoxy) is 1. The lowest BCUT2D eigenvalue weighted by atomic mass is 10.3. The molecule has 0 saturated heterocycles. The third-order valence-electron chi connectivity index (χ3n) is 3.57. The molecule has 1 aromatic carbocycles. The van der Waals surface area contributed by atoms with Gasteiger partial charge >= 0.3 is 6.03 Å². The Bertz CT molecular complexity index is 894. The van der Waals surface area contributed by atoms with E-state index in [1.54, 1.807) is 13.8 Å². The van der Waals surface area contributed by atoms with Crippen molar-refractivity contribution in [2.24, 2.45) is 0 Å². The number of benzene rings is 1. The van der Waals surface area contributed by atoms with Crippen molar-refractivity contribution in [1.29, 1.82) is 0 Å². The minimum absolute atomic E-state index is 0.0142. The fourth-order valence-electron chi connectivity index (χ4n) is 2.18. The van der Waals surface area contributed by atoms with Gasteiger partial charge < -0.3 is 9.64 Å². The molecule has 0 aliphatic heterocycles. The minimum atomic E-state index is -4.29. The summed E-state index contributed by atoms with van der Waals surface area (Å²) in [6, 6.07) is 2.50. The monoisotopic (exact) mass is 389 g/mol. The first-order valence-corrected chi connectivity index (χ1v) is 9.25. The molecule has 0 atom stereocenters. The quantitative estimate of drug-likeness (QED) is 0.785. The second-order valence-corrected chi connectivity index (χ2v) is 7.25. The van der Waals surface area contributed by atoms with E-state index in [0.29, 0.717) is 13.1 Å². The van der Waals surface area contributed by atoms with Gasteiger partial charge in [-0.2, -0.15) is 9.78 Å². The lowest BCUT2D eigenvalue weighted by Crippen LogP contribution is -2.34. The van der Waals surface area contributed by atoms with E-state index in [9.17, 15) is 17.6 Å². The lowest BCUT2D eigenvalue weighted by Gasteiger charge is -2.17. The van der Waals surface area contributed by atoms with Crippen molar-refractivity contribution < 1.29 is 22.3 Å². The SMILES string of the molecule is CCN(CC)C(=O)n1ccc(S(=O)(=O)c2cc(OC)c(Cl)cc2F)n1. The highest BCUT2D eigenvalue weighted by molar-refractivity contribution is 7.91. The maximum absolute atomic E-state index is 14.1. The summed E-state index contributed by atoms with van der Waals surface area (Å²) in [6.07, 6.45) is 1.22. The largest absolute Gasteiger partial charge is 0.495 e. The number of sulfone groups is 1. The smallest absolute Gasteiger partial charge is 0.344 e. The molecule has 0 unspecified atom stereocenters. The number of aromatic nitrogens is 2. The van der Waals surface area contributed by atoms with E-state index in [2.05, 4.69) is 5.10 Å². The predicted molar refractivity (Wildman–Crippen MR) is 89.4 cm³/mol. The van der Waals surface area contributed by atoms with Crippen LogP contribution in [0.15, 0.2) is 34.3 Å². The number of nitrogens with zero attached hydrogens (tertiary/aromatic N) is 3. The highest BCUT2D eigenvalue weighted by Gasteiger charge is 2.27. The van der Waals surface area contributed by atoms with Crippen molar-refractivity contribution in [3.05, 3.63) is 35.2 Å². The average molecular weight is 390 g/mol. The molecule has 1 aromatic heterocycles. The van der Waals surface area contributed by atoms with Crippen LogP contribution in [0.2, 0.25) is 5.02 Å². The van der Waals surface area contributed by atoms with Crippen LogP contribution >= 0.6 is 11.6 Å². The molecule has 136 valence electrons. The van der Waals surface area contributed by atoms with Gasteiger partial charge in [-0.15, -0.1) is 0 Å². The second-order valence-electron chi connectivity index (χ2n) is 4.97. The summed E-state index contributed by atoms with van der Waals surface area (Å²) in [5.41, 5.74) is 0. The molecule has 0 N–H and O–H groups in total. The van der Waals surface area contributed by atoms with Crippen molar-refractivity contribution in [2.75, 3.05) is 20.2 Å². The van der Waals surface area contributed by atoms with Crippen molar-refractivity contribution in [2.45, 2.75) is 23.8 Å². The van der Waals surface area contributed by atoms with Crippen LogP contribution in [0.3, 0.4) is 0 Å². The third-order valence-corrected chi connectivity index (χ3v) is 5.52. The normalized spacial score (nSPS) is 11.4. The van der Waals surface area contributed by atoms with Crippen LogP contribution < -0.4 is 4.74 Å². The Morgan fingerprint density at radius 1 is 1.36 bits per heavy atom. The maximum Gasteiger partial charge on any atom is 0.344 e. The number of rotatable bonds is 5. The summed E-state index contributed by atoms with van der Waals surface area (Å²) in [5.74, 6) is -1.02. The van der Waals surface area contributed by atoms with Gasteiger partial charge in [0.1, 0.15) is 16.5 Å². The molecule has 2 aromatic rings. The molecule has 0 saturated carbocycles. The topological polar surface area (TPSA) is 81.5 Å². The number of hydrogen-bond donors (Lipinski definition) is 0. The molecule has 0 aliphatic rings. The van der Waals surface area contributed by atoms with E-state index in [-0.39, 0.29) is 10.8 Å². The van der Waals surface area contributed by atoms with Crippen LogP contribution in [0.4, 0.5) is 9.18 Å². The molecule has 1 heterocycles. The van der Waals surface area contributed by atoms with Crippen LogP contribution in [-0.2, 0) is 9.84 Å². The Morgan fingerprint density at radius 3 is 2.56 bits per heavy atom. The van der Waals surface area contributed by atoms with Crippen molar-refractivity contribution in [3.63, 3.8) is 0 Å². The second kappa shape index (κ2) is 7.40. The Kier molecular flexibility index (Phi) is 5.69. The fraction of sp³-hybridized carbons (Fsp3) is 0.333. The minimum Gasteiger partial charge on any atom is -0.495 e. The van der Waals surface area contributed by atoms with E-state index < -0.39 is 31.6 Å². The van der Waals surface area contributed by atoms with Gasteiger partial charge in [0.25, 0.3) is 0 Å². The van der Waals surface area contributed by atoms with Crippen molar-refractivity contribution >= 4 is 27.5 Å². The summed E-state index contributed by atoms with van der Waals surface area (Å²) < 4.78 is 45.2. The summed E-state index contributed by atoms with van der Waals surface area (Å²) in [4.78, 5) is 13.1. The van der Waals surface area contributed by atoms with Crippen LogP contribution in [-0.4, -0.2) is 49.3 Å². The van der Waals surface area contributed by atoms with E-state index in [1.165, 1.54) is 18.2 Å². The van der Waals surface area contributed by atoms with Gasteiger partial charge in [-0.25, -0.2) is 17.6 Å². The zero-order valence-corrected chi connectivity index (χ0v) is 15.4. The molecule has 0 aliphatic carbocycles. The van der Waals surface area contributed by atoms with Gasteiger partial charge in [0.2, 0.25) is 9.84 Å². The van der Waals surface area contributed by atoms with Crippen molar-refractivity contribution in [3.8, 4) is 5.75 Å². The van der Waals surface area contributed by atoms with E-state index in [4.69, 9.17) is 16.3 Å². The number of amides is 1. The van der Waals surface area contributed by atoms with Gasteiger partial charge in [-0.05, 0) is 26.0 Å². The third kappa shape index (κ3) is 3.62. The van der Waals surface area contributed by atoms with Gasteiger partial charge in [0.05, 0.1) is 12.1 Å². The van der Waals surface area contributed by atoms with Gasteiger partial charge in [0, 0.05) is 25.4 Å². The maximum atomic E-state index is 14.1. The van der Waals surface area contributed by atoms with Crippen LogP contribution in [0.25, 0.3) is 0 Å². The Hall–Kier alpha value is -2.13. The van der Waals surface area contributed by atoms with Crippen LogP contribution in [0, 0.1) is 5.82 Å². The molecule has 10 heteroatoms. The van der Waals surface area contributed by atoms with Gasteiger partial charge in [-0.3, -0.25) is 0 Å². The highest BCUT2D eigenvalue weighted by Crippen LogP contribution is 2.32. The molecule has 2 rings (SSSR count). The Morgan fingerprint density at radius 2 is 2.00 bits per heavy atom. The molecule has 25 heavy (non-hydrogen) atoms. The molecule has 0 fully saturated rings.